The summed E-state index contributed by atoms with van der Waals surface area (Å²) in [4.78, 5) is 68.2. The van der Waals surface area contributed by atoms with Gasteiger partial charge in [-0.2, -0.15) is 0 Å². The smallest absolute Gasteiger partial charge is 0.262 e. The van der Waals surface area contributed by atoms with Gasteiger partial charge in [-0.1, -0.05) is 102 Å². The van der Waals surface area contributed by atoms with Crippen molar-refractivity contribution >= 4 is 57.1 Å². The monoisotopic (exact) mass is 1050 g/mol. The van der Waals surface area contributed by atoms with Gasteiger partial charge in [0, 0.05) is 71.0 Å². The fraction of sp³-hybridized carbons (Fsp3) is 0.477. The van der Waals surface area contributed by atoms with Crippen molar-refractivity contribution in [1.29, 1.82) is 0 Å². The molecule has 0 saturated heterocycles. The Hall–Kier alpha value is -5.26. The predicted molar refractivity (Wildman–Crippen MR) is 313 cm³/mol. The number of rotatable bonds is 23. The van der Waals surface area contributed by atoms with E-state index in [1.807, 2.05) is 31.2 Å². The number of amides is 4. The first-order chi connectivity index (χ1) is 35.7. The molecule has 4 aromatic carbocycles. The normalized spacial score (nSPS) is 15.8. The van der Waals surface area contributed by atoms with E-state index in [-0.39, 0.29) is 40.9 Å². The van der Waals surface area contributed by atoms with Gasteiger partial charge in [0.25, 0.3) is 23.6 Å². The molecule has 4 heterocycles. The molecule has 1 aliphatic carbocycles. The molecule has 2 unspecified atom stereocenters. The van der Waals surface area contributed by atoms with Crippen LogP contribution in [0.3, 0.4) is 0 Å². The molecule has 0 N–H and O–H groups in total. The Kier molecular flexibility index (Phi) is 15.7. The van der Waals surface area contributed by atoms with Gasteiger partial charge in [0.15, 0.2) is 0 Å². The quantitative estimate of drug-likeness (QED) is 0.0473. The lowest BCUT2D eigenvalue weighted by Gasteiger charge is -2.36. The number of hydrogen-bond donors (Lipinski definition) is 0. The molecule has 8 nitrogen and oxygen atoms in total. The average Bonchev–Trinajstić information content (AvgIpc) is 4.12. The van der Waals surface area contributed by atoms with Crippen molar-refractivity contribution in [3.8, 4) is 42.4 Å². The van der Waals surface area contributed by atoms with E-state index < -0.39 is 0 Å². The zero-order valence-electron chi connectivity index (χ0n) is 47.1. The minimum absolute atomic E-state index is 0.140. The third kappa shape index (κ3) is 10.5. The van der Waals surface area contributed by atoms with E-state index in [0.717, 1.165) is 124 Å². The Labute approximate surface area is 455 Å². The van der Waals surface area contributed by atoms with Gasteiger partial charge in [0.05, 0.1) is 66.5 Å². The van der Waals surface area contributed by atoms with Crippen molar-refractivity contribution in [3.05, 3.63) is 117 Å². The van der Waals surface area contributed by atoms with Crippen LogP contribution < -0.4 is 0 Å². The summed E-state index contributed by atoms with van der Waals surface area (Å²) in [6, 6.07) is 26.3. The number of thiophene rings is 2. The van der Waals surface area contributed by atoms with Gasteiger partial charge in [-0.25, -0.2) is 0 Å². The molecule has 75 heavy (non-hydrogen) atoms. The molecule has 0 saturated carbocycles. The van der Waals surface area contributed by atoms with E-state index in [2.05, 4.69) is 125 Å². The molecule has 3 aliphatic rings. The summed E-state index contributed by atoms with van der Waals surface area (Å²) in [5.41, 5.74) is 10.7. The Balaban J connectivity index is 1.24. The predicted octanol–water partition coefficient (Wildman–Crippen LogP) is 15.4. The average molecular weight is 1050 g/mol. The summed E-state index contributed by atoms with van der Waals surface area (Å²) in [5.74, 6) is -1.12. The molecule has 9 rings (SSSR count). The Bertz CT molecular complexity index is 3160. The lowest BCUT2D eigenvalue weighted by atomic mass is 9.70. The molecular formula is C65H82N4O4S2+2. The molecule has 0 spiro atoms. The van der Waals surface area contributed by atoms with Gasteiger partial charge in [0.2, 0.25) is 0 Å². The van der Waals surface area contributed by atoms with Crippen LogP contribution in [0.15, 0.2) is 72.8 Å². The highest BCUT2D eigenvalue weighted by molar-refractivity contribution is 7.19. The summed E-state index contributed by atoms with van der Waals surface area (Å²) in [6.07, 6.45) is 11.9. The van der Waals surface area contributed by atoms with Gasteiger partial charge >= 0.3 is 0 Å². The van der Waals surface area contributed by atoms with Crippen LogP contribution in [0.4, 0.5) is 0 Å². The van der Waals surface area contributed by atoms with Crippen molar-refractivity contribution < 1.29 is 28.1 Å². The molecule has 396 valence electrons. The number of imide groups is 2. The summed E-state index contributed by atoms with van der Waals surface area (Å²) in [6.45, 7) is 15.7. The van der Waals surface area contributed by atoms with Crippen LogP contribution in [0.1, 0.15) is 168 Å². The van der Waals surface area contributed by atoms with E-state index >= 15 is 19.2 Å². The van der Waals surface area contributed by atoms with Gasteiger partial charge in [-0.05, 0) is 134 Å². The van der Waals surface area contributed by atoms with Crippen molar-refractivity contribution in [2.45, 2.75) is 124 Å². The van der Waals surface area contributed by atoms with Crippen molar-refractivity contribution in [1.82, 2.24) is 9.80 Å². The number of unbranched alkanes of at least 4 members (excludes halogenated alkanes) is 2. The maximum absolute atomic E-state index is 15.6. The first-order valence-corrected chi connectivity index (χ1v) is 29.8. The van der Waals surface area contributed by atoms with E-state index in [1.54, 1.807) is 22.7 Å². The zero-order valence-corrected chi connectivity index (χ0v) is 48.8. The molecule has 2 aromatic heterocycles. The number of hydrogen-bond acceptors (Lipinski definition) is 6. The van der Waals surface area contributed by atoms with Crippen molar-refractivity contribution in [2.24, 2.45) is 11.8 Å². The van der Waals surface area contributed by atoms with Crippen molar-refractivity contribution in [3.63, 3.8) is 0 Å². The first kappa shape index (κ1) is 54.5. The SMILES string of the molecule is CCCCC(CC)CN1C(=O)c2cc(-c3ccc(-c4ccc5c(c4)C(CCC[N+](C)(C)C)(CCC[N+](C)(C)C)c4cc(C)ccc4-5)s3)c3c4c(cc(-c5ccc(C)s5)c(c24)C1=O)C(=O)N(CC(CC)CCCC)C3=O. The second-order valence-electron chi connectivity index (χ2n) is 24.4. The number of benzene rings is 4. The second kappa shape index (κ2) is 21.6. The molecule has 10 heteroatoms. The Morgan fingerprint density at radius 3 is 1.43 bits per heavy atom. The Morgan fingerprint density at radius 1 is 0.493 bits per heavy atom. The second-order valence-corrected chi connectivity index (χ2v) is 26.8. The summed E-state index contributed by atoms with van der Waals surface area (Å²) >= 11 is 3.21. The van der Waals surface area contributed by atoms with E-state index in [1.165, 1.54) is 37.6 Å². The maximum atomic E-state index is 15.6. The van der Waals surface area contributed by atoms with E-state index in [0.29, 0.717) is 57.2 Å². The minimum Gasteiger partial charge on any atom is -0.331 e. The number of carbonyl (C=O) groups excluding carboxylic acids is 4. The van der Waals surface area contributed by atoms with Crippen LogP contribution in [0.5, 0.6) is 0 Å². The fourth-order valence-electron chi connectivity index (χ4n) is 12.6. The van der Waals surface area contributed by atoms with Crippen LogP contribution in [0, 0.1) is 25.7 Å². The molecule has 2 aliphatic heterocycles. The molecule has 0 radical (unpaired) electrons. The molecule has 2 atom stereocenters. The van der Waals surface area contributed by atoms with E-state index in [9.17, 15) is 0 Å². The lowest BCUT2D eigenvalue weighted by molar-refractivity contribution is -0.870. The number of fused-ring (bicyclic) bond motifs is 3. The highest BCUT2D eigenvalue weighted by atomic mass is 32.1. The Morgan fingerprint density at radius 2 is 0.960 bits per heavy atom. The number of aryl methyl sites for hydroxylation is 2. The van der Waals surface area contributed by atoms with Gasteiger partial charge < -0.3 is 8.97 Å². The number of nitrogens with zero attached hydrogens (tertiary/aromatic N) is 4. The van der Waals surface area contributed by atoms with Gasteiger partial charge in [-0.15, -0.1) is 22.7 Å². The molecule has 0 fully saturated rings. The first-order valence-electron chi connectivity index (χ1n) is 28.2. The third-order valence-corrected chi connectivity index (χ3v) is 19.0. The van der Waals surface area contributed by atoms with Crippen molar-refractivity contribution in [2.75, 3.05) is 68.5 Å². The molecular weight excluding hydrogens is 965 g/mol. The maximum Gasteiger partial charge on any atom is 0.262 e. The topological polar surface area (TPSA) is 74.8 Å². The summed E-state index contributed by atoms with van der Waals surface area (Å²) in [7, 11) is 13.7. The standard InChI is InChI=1S/C65H82N4O4S2/c1-13-17-21-43(15-3)39-66-62(71)51-38-49(60-58-50(61(70)67(64(60)73)40-44(16-4)22-18-14-2)37-48(55-28-24-42(6)74-55)59(57(51)58)63(66)72)56-30-29-54(75-56)45-25-27-47-46-26-23-41(5)35-52(46)65(53(47)36-45,31-19-33-68(7,8)9)32-20-34-69(10,11)12/h23-30,35-38,43-44H,13-22,31-34,39-40H2,1-12H3/q+2. The van der Waals surface area contributed by atoms with Crippen LogP contribution in [0.25, 0.3) is 53.2 Å². The summed E-state index contributed by atoms with van der Waals surface area (Å²) in [5, 5.41) is 0.881. The number of quaternary nitrogens is 2. The molecule has 6 aromatic rings. The van der Waals surface area contributed by atoms with Gasteiger partial charge in [-0.3, -0.25) is 29.0 Å². The van der Waals surface area contributed by atoms with Crippen LogP contribution in [-0.4, -0.2) is 111 Å². The highest BCUT2D eigenvalue weighted by Crippen LogP contribution is 2.56. The van der Waals surface area contributed by atoms with Crippen LogP contribution in [-0.2, 0) is 5.41 Å². The van der Waals surface area contributed by atoms with Crippen LogP contribution in [0.2, 0.25) is 0 Å². The number of carbonyl (C=O) groups is 4. The summed E-state index contributed by atoms with van der Waals surface area (Å²) < 4.78 is 1.84. The minimum atomic E-state index is -0.356. The molecule has 4 amide bonds. The molecule has 0 bridgehead atoms. The zero-order chi connectivity index (χ0) is 53.7. The van der Waals surface area contributed by atoms with Crippen LogP contribution >= 0.6 is 22.7 Å². The highest BCUT2D eigenvalue weighted by Gasteiger charge is 2.46. The largest absolute Gasteiger partial charge is 0.331 e. The van der Waals surface area contributed by atoms with E-state index in [4.69, 9.17) is 0 Å². The lowest BCUT2D eigenvalue weighted by Crippen LogP contribution is -2.46. The fourth-order valence-corrected chi connectivity index (χ4v) is 14.5. The van der Waals surface area contributed by atoms with Gasteiger partial charge in [0.1, 0.15) is 0 Å². The third-order valence-electron chi connectivity index (χ3n) is 16.8.